The summed E-state index contributed by atoms with van der Waals surface area (Å²) < 4.78 is 4.77. The minimum Gasteiger partial charge on any atom is -0.469 e. The molecule has 0 saturated heterocycles. The first-order valence-corrected chi connectivity index (χ1v) is 6.34. The standard InChI is InChI=1S/C16H22O2/c1-12(2)13(3)15(11-16(17)18-4)10-14-8-6-5-7-9-14/h5-9,12,15H,3,10-11H2,1-2,4H3. The van der Waals surface area contributed by atoms with E-state index in [1.54, 1.807) is 0 Å². The van der Waals surface area contributed by atoms with Gasteiger partial charge in [-0.15, -0.1) is 0 Å². The van der Waals surface area contributed by atoms with E-state index in [-0.39, 0.29) is 11.9 Å². The van der Waals surface area contributed by atoms with Crippen molar-refractivity contribution in [2.75, 3.05) is 7.11 Å². The zero-order valence-electron chi connectivity index (χ0n) is 11.5. The largest absolute Gasteiger partial charge is 0.469 e. The molecule has 0 N–H and O–H groups in total. The smallest absolute Gasteiger partial charge is 0.306 e. The number of allylic oxidation sites excluding steroid dienone is 1. The monoisotopic (exact) mass is 246 g/mol. The third-order valence-corrected chi connectivity index (χ3v) is 3.23. The van der Waals surface area contributed by atoms with Crippen LogP contribution in [0.1, 0.15) is 25.8 Å². The van der Waals surface area contributed by atoms with Crippen molar-refractivity contribution < 1.29 is 9.53 Å². The Labute approximate surface area is 110 Å². The van der Waals surface area contributed by atoms with Gasteiger partial charge in [-0.25, -0.2) is 0 Å². The Morgan fingerprint density at radius 2 is 1.89 bits per heavy atom. The molecule has 0 radical (unpaired) electrons. The van der Waals surface area contributed by atoms with E-state index in [2.05, 4.69) is 32.6 Å². The second-order valence-corrected chi connectivity index (χ2v) is 4.90. The lowest BCUT2D eigenvalue weighted by Crippen LogP contribution is -2.17. The van der Waals surface area contributed by atoms with Gasteiger partial charge in [-0.05, 0) is 23.8 Å². The van der Waals surface area contributed by atoms with Crippen LogP contribution in [0, 0.1) is 11.8 Å². The summed E-state index contributed by atoms with van der Waals surface area (Å²) in [7, 11) is 1.43. The summed E-state index contributed by atoms with van der Waals surface area (Å²) in [6.45, 7) is 8.35. The van der Waals surface area contributed by atoms with Gasteiger partial charge in [0.05, 0.1) is 13.5 Å². The molecule has 2 heteroatoms. The minimum atomic E-state index is -0.169. The number of hydrogen-bond donors (Lipinski definition) is 0. The quantitative estimate of drug-likeness (QED) is 0.566. The zero-order valence-corrected chi connectivity index (χ0v) is 11.5. The average Bonchev–Trinajstić information content (AvgIpc) is 2.38. The maximum Gasteiger partial charge on any atom is 0.306 e. The highest BCUT2D eigenvalue weighted by Crippen LogP contribution is 2.25. The maximum absolute atomic E-state index is 11.5. The first-order chi connectivity index (χ1) is 8.54. The van der Waals surface area contributed by atoms with Gasteiger partial charge >= 0.3 is 5.97 Å². The summed E-state index contributed by atoms with van der Waals surface area (Å²) in [5.41, 5.74) is 2.34. The third kappa shape index (κ3) is 4.36. The molecular formula is C16H22O2. The molecule has 0 spiro atoms. The van der Waals surface area contributed by atoms with Gasteiger partial charge in [0.1, 0.15) is 0 Å². The van der Waals surface area contributed by atoms with Crippen LogP contribution in [0.2, 0.25) is 0 Å². The number of hydrogen-bond acceptors (Lipinski definition) is 2. The summed E-state index contributed by atoms with van der Waals surface area (Å²) in [6, 6.07) is 10.2. The summed E-state index contributed by atoms with van der Waals surface area (Å²) in [4.78, 5) is 11.5. The molecule has 0 fully saturated rings. The zero-order chi connectivity index (χ0) is 13.5. The fraction of sp³-hybridized carbons (Fsp3) is 0.438. The van der Waals surface area contributed by atoms with E-state index in [1.807, 2.05) is 18.2 Å². The van der Waals surface area contributed by atoms with Crippen LogP contribution in [-0.4, -0.2) is 13.1 Å². The van der Waals surface area contributed by atoms with Gasteiger partial charge in [0.25, 0.3) is 0 Å². The second-order valence-electron chi connectivity index (χ2n) is 4.90. The van der Waals surface area contributed by atoms with E-state index in [1.165, 1.54) is 12.7 Å². The maximum atomic E-state index is 11.5. The fourth-order valence-electron chi connectivity index (χ4n) is 1.99. The molecule has 2 nitrogen and oxygen atoms in total. The van der Waals surface area contributed by atoms with Crippen LogP contribution in [0.5, 0.6) is 0 Å². The highest BCUT2D eigenvalue weighted by Gasteiger charge is 2.19. The molecule has 0 heterocycles. The van der Waals surface area contributed by atoms with Crippen molar-refractivity contribution in [1.29, 1.82) is 0 Å². The Kier molecular flexibility index (Phi) is 5.63. The van der Waals surface area contributed by atoms with Crippen molar-refractivity contribution in [3.63, 3.8) is 0 Å². The summed E-state index contributed by atoms with van der Waals surface area (Å²) in [5, 5.41) is 0. The molecule has 1 rings (SSSR count). The summed E-state index contributed by atoms with van der Waals surface area (Å²) in [6.07, 6.45) is 1.25. The number of benzene rings is 1. The Balaban J connectivity index is 2.77. The number of ether oxygens (including phenoxy) is 1. The molecule has 1 aromatic rings. The lowest BCUT2D eigenvalue weighted by Gasteiger charge is -2.21. The lowest BCUT2D eigenvalue weighted by atomic mass is 9.84. The summed E-state index contributed by atoms with van der Waals surface area (Å²) in [5.74, 6) is 0.362. The fourth-order valence-corrected chi connectivity index (χ4v) is 1.99. The third-order valence-electron chi connectivity index (χ3n) is 3.23. The normalized spacial score (nSPS) is 12.2. The molecule has 0 bridgehead atoms. The second kappa shape index (κ2) is 7.00. The number of rotatable bonds is 6. The molecule has 0 aliphatic carbocycles. The molecule has 1 unspecified atom stereocenters. The van der Waals surface area contributed by atoms with Gasteiger partial charge < -0.3 is 4.74 Å². The van der Waals surface area contributed by atoms with Crippen molar-refractivity contribution in [3.05, 3.63) is 48.0 Å². The van der Waals surface area contributed by atoms with E-state index in [4.69, 9.17) is 4.74 Å². The number of methoxy groups -OCH3 is 1. The molecule has 0 amide bonds. The predicted octanol–water partition coefficient (Wildman–Crippen LogP) is 3.62. The van der Waals surface area contributed by atoms with Crippen LogP contribution >= 0.6 is 0 Å². The van der Waals surface area contributed by atoms with E-state index < -0.39 is 0 Å². The molecule has 0 aliphatic rings. The van der Waals surface area contributed by atoms with Gasteiger partial charge in [-0.3, -0.25) is 4.79 Å². The highest BCUT2D eigenvalue weighted by atomic mass is 16.5. The molecule has 1 aromatic carbocycles. The van der Waals surface area contributed by atoms with Crippen molar-refractivity contribution >= 4 is 5.97 Å². The molecular weight excluding hydrogens is 224 g/mol. The number of carbonyl (C=O) groups is 1. The van der Waals surface area contributed by atoms with E-state index in [0.29, 0.717) is 12.3 Å². The Morgan fingerprint density at radius 3 is 2.39 bits per heavy atom. The molecule has 0 saturated carbocycles. The predicted molar refractivity (Wildman–Crippen MR) is 74.2 cm³/mol. The first-order valence-electron chi connectivity index (χ1n) is 6.34. The topological polar surface area (TPSA) is 26.3 Å². The van der Waals surface area contributed by atoms with Crippen LogP contribution in [0.15, 0.2) is 42.5 Å². The van der Waals surface area contributed by atoms with Crippen molar-refractivity contribution in [1.82, 2.24) is 0 Å². The SMILES string of the molecule is C=C(C(C)C)C(CC(=O)OC)Cc1ccccc1. The van der Waals surface area contributed by atoms with Crippen LogP contribution < -0.4 is 0 Å². The Bertz CT molecular complexity index is 393. The Hall–Kier alpha value is -1.57. The molecule has 1 atom stereocenters. The van der Waals surface area contributed by atoms with E-state index in [9.17, 15) is 4.79 Å². The molecule has 98 valence electrons. The number of esters is 1. The average molecular weight is 246 g/mol. The highest BCUT2D eigenvalue weighted by molar-refractivity contribution is 5.70. The van der Waals surface area contributed by atoms with Gasteiger partial charge in [0, 0.05) is 0 Å². The van der Waals surface area contributed by atoms with Gasteiger partial charge in [-0.1, -0.05) is 56.3 Å². The van der Waals surface area contributed by atoms with Gasteiger partial charge in [-0.2, -0.15) is 0 Å². The van der Waals surface area contributed by atoms with E-state index >= 15 is 0 Å². The van der Waals surface area contributed by atoms with Crippen molar-refractivity contribution in [2.45, 2.75) is 26.7 Å². The molecule has 18 heavy (non-hydrogen) atoms. The minimum absolute atomic E-state index is 0.153. The van der Waals surface area contributed by atoms with Crippen LogP contribution in [0.4, 0.5) is 0 Å². The van der Waals surface area contributed by atoms with Gasteiger partial charge in [0.15, 0.2) is 0 Å². The van der Waals surface area contributed by atoms with Crippen LogP contribution in [0.25, 0.3) is 0 Å². The van der Waals surface area contributed by atoms with Crippen LogP contribution in [-0.2, 0) is 16.0 Å². The molecule has 0 aliphatic heterocycles. The van der Waals surface area contributed by atoms with Gasteiger partial charge in [0.2, 0.25) is 0 Å². The van der Waals surface area contributed by atoms with Crippen LogP contribution in [0.3, 0.4) is 0 Å². The lowest BCUT2D eigenvalue weighted by molar-refractivity contribution is -0.141. The first kappa shape index (κ1) is 14.5. The van der Waals surface area contributed by atoms with Crippen molar-refractivity contribution in [3.8, 4) is 0 Å². The van der Waals surface area contributed by atoms with Crippen molar-refractivity contribution in [2.24, 2.45) is 11.8 Å². The summed E-state index contributed by atoms with van der Waals surface area (Å²) >= 11 is 0. The number of carbonyl (C=O) groups excluding carboxylic acids is 1. The molecule has 0 aromatic heterocycles. The Morgan fingerprint density at radius 1 is 1.28 bits per heavy atom. The van der Waals surface area contributed by atoms with E-state index in [0.717, 1.165) is 12.0 Å².